The molecule has 3 aromatic rings. The van der Waals surface area contributed by atoms with Crippen molar-refractivity contribution in [3.8, 4) is 0 Å². The van der Waals surface area contributed by atoms with Crippen molar-refractivity contribution < 1.29 is 14.1 Å². The highest BCUT2D eigenvalue weighted by Gasteiger charge is 2.34. The Bertz CT molecular complexity index is 898. The molecule has 1 atom stereocenters. The molecule has 0 bridgehead atoms. The topological polar surface area (TPSA) is 81.4 Å². The predicted molar refractivity (Wildman–Crippen MR) is 101 cm³/mol. The fourth-order valence-corrected chi connectivity index (χ4v) is 3.35. The molecule has 1 unspecified atom stereocenters. The quantitative estimate of drug-likeness (QED) is 0.587. The van der Waals surface area contributed by atoms with E-state index >= 15 is 0 Å². The first kappa shape index (κ1) is 18.3. The molecule has 1 aliphatic rings. The lowest BCUT2D eigenvalue weighted by Crippen LogP contribution is -2.30. The van der Waals surface area contributed by atoms with Gasteiger partial charge in [0.2, 0.25) is 5.89 Å². The second-order valence-electron chi connectivity index (χ2n) is 6.74. The summed E-state index contributed by atoms with van der Waals surface area (Å²) < 4.78 is 11.1. The van der Waals surface area contributed by atoms with Gasteiger partial charge in [0.1, 0.15) is 6.04 Å². The van der Waals surface area contributed by atoms with E-state index in [1.54, 1.807) is 29.4 Å². The van der Waals surface area contributed by atoms with E-state index < -0.39 is 0 Å². The van der Waals surface area contributed by atoms with Crippen LogP contribution in [-0.4, -0.2) is 39.1 Å². The van der Waals surface area contributed by atoms with Crippen molar-refractivity contribution in [1.29, 1.82) is 0 Å². The summed E-state index contributed by atoms with van der Waals surface area (Å²) in [6.45, 7) is 1.74. The van der Waals surface area contributed by atoms with Crippen LogP contribution in [0.15, 0.2) is 59.4 Å². The molecule has 0 spiro atoms. The van der Waals surface area contributed by atoms with Crippen LogP contribution < -0.4 is 0 Å². The van der Waals surface area contributed by atoms with E-state index in [0.29, 0.717) is 43.5 Å². The Labute approximate surface area is 163 Å². The minimum Gasteiger partial charge on any atom is -0.376 e. The highest BCUT2D eigenvalue weighted by Crippen LogP contribution is 2.32. The minimum absolute atomic E-state index is 0.0541. The third-order valence-corrected chi connectivity index (χ3v) is 4.77. The highest BCUT2D eigenvalue weighted by atomic mass is 16.5. The van der Waals surface area contributed by atoms with E-state index in [-0.39, 0.29) is 11.9 Å². The van der Waals surface area contributed by atoms with Crippen LogP contribution in [0.4, 0.5) is 0 Å². The molecule has 1 fully saturated rings. The molecule has 7 nitrogen and oxygen atoms in total. The van der Waals surface area contributed by atoms with Crippen LogP contribution in [0.5, 0.6) is 0 Å². The van der Waals surface area contributed by atoms with Crippen LogP contribution in [0.2, 0.25) is 0 Å². The zero-order valence-corrected chi connectivity index (χ0v) is 15.5. The van der Waals surface area contributed by atoms with Crippen LogP contribution >= 0.6 is 0 Å². The van der Waals surface area contributed by atoms with Gasteiger partial charge in [0.05, 0.1) is 18.8 Å². The van der Waals surface area contributed by atoms with Gasteiger partial charge >= 0.3 is 0 Å². The van der Waals surface area contributed by atoms with Crippen molar-refractivity contribution >= 4 is 5.91 Å². The van der Waals surface area contributed by atoms with Gasteiger partial charge in [-0.25, -0.2) is 0 Å². The Kier molecular flexibility index (Phi) is 5.72. The molecule has 1 saturated heterocycles. The van der Waals surface area contributed by atoms with E-state index in [1.807, 2.05) is 30.3 Å². The number of benzene rings is 1. The summed E-state index contributed by atoms with van der Waals surface area (Å²) in [4.78, 5) is 23.1. The molecular weight excluding hydrogens is 356 g/mol. The van der Waals surface area contributed by atoms with E-state index in [2.05, 4.69) is 15.1 Å². The van der Waals surface area contributed by atoms with Crippen LogP contribution in [-0.2, 0) is 17.8 Å². The van der Waals surface area contributed by atoms with Crippen molar-refractivity contribution in [2.45, 2.75) is 31.9 Å². The van der Waals surface area contributed by atoms with E-state index in [1.165, 1.54) is 0 Å². The molecule has 144 valence electrons. The van der Waals surface area contributed by atoms with Crippen molar-refractivity contribution in [2.75, 3.05) is 13.2 Å². The number of likely N-dealkylation sites (tertiary alicyclic amines) is 1. The van der Waals surface area contributed by atoms with E-state index in [9.17, 15) is 4.79 Å². The minimum atomic E-state index is -0.181. The second kappa shape index (κ2) is 8.75. The van der Waals surface area contributed by atoms with Crippen molar-refractivity contribution in [1.82, 2.24) is 20.0 Å². The number of rotatable bonds is 7. The summed E-state index contributed by atoms with van der Waals surface area (Å²) in [6.07, 6.45) is 5.54. The van der Waals surface area contributed by atoms with Crippen molar-refractivity contribution in [2.24, 2.45) is 0 Å². The maximum absolute atomic E-state index is 12.8. The second-order valence-corrected chi connectivity index (χ2v) is 6.74. The van der Waals surface area contributed by atoms with E-state index in [0.717, 1.165) is 18.4 Å². The molecule has 1 aromatic carbocycles. The van der Waals surface area contributed by atoms with Crippen LogP contribution in [0.1, 0.15) is 46.5 Å². The Hall–Kier alpha value is -3.06. The fraction of sp³-hybridized carbons (Fsp3) is 0.333. The lowest BCUT2D eigenvalue weighted by molar-refractivity contribution is 0.0709. The van der Waals surface area contributed by atoms with Gasteiger partial charge in [-0.1, -0.05) is 35.5 Å². The number of nitrogens with zero attached hydrogens (tertiary/aromatic N) is 4. The number of amides is 1. The van der Waals surface area contributed by atoms with Crippen LogP contribution in [0.3, 0.4) is 0 Å². The molecule has 0 N–H and O–H groups in total. The average molecular weight is 378 g/mol. The number of hydrogen-bond acceptors (Lipinski definition) is 6. The molecule has 1 aliphatic heterocycles. The summed E-state index contributed by atoms with van der Waals surface area (Å²) in [6, 6.07) is 13.4. The smallest absolute Gasteiger partial charge is 0.256 e. The summed E-state index contributed by atoms with van der Waals surface area (Å²) in [5, 5.41) is 4.06. The van der Waals surface area contributed by atoms with Crippen LogP contribution in [0, 0.1) is 0 Å². The van der Waals surface area contributed by atoms with Gasteiger partial charge in [0.15, 0.2) is 5.82 Å². The average Bonchev–Trinajstić information content (AvgIpc) is 3.41. The molecule has 2 aromatic heterocycles. The Morgan fingerprint density at radius 1 is 1.21 bits per heavy atom. The molecule has 28 heavy (non-hydrogen) atoms. The summed E-state index contributed by atoms with van der Waals surface area (Å²) in [5.74, 6) is 1.04. The lowest BCUT2D eigenvalue weighted by Gasteiger charge is -2.21. The lowest BCUT2D eigenvalue weighted by atomic mass is 10.2. The van der Waals surface area contributed by atoms with Crippen LogP contribution in [0.25, 0.3) is 0 Å². The zero-order chi connectivity index (χ0) is 19.2. The molecule has 4 rings (SSSR count). The number of pyridine rings is 1. The standard InChI is InChI=1S/C21H22N4O3/c26-21(17-8-4-11-22-14-17)25-12-5-9-18(25)20-23-19(24-28-20)10-13-27-15-16-6-2-1-3-7-16/h1-4,6-8,11,14,18H,5,9-10,12-13,15H2. The summed E-state index contributed by atoms with van der Waals surface area (Å²) in [7, 11) is 0. The maximum Gasteiger partial charge on any atom is 0.256 e. The molecular formula is C21H22N4O3. The number of aromatic nitrogens is 3. The van der Waals surface area contributed by atoms with Gasteiger partial charge in [-0.15, -0.1) is 0 Å². The third kappa shape index (κ3) is 4.26. The number of ether oxygens (including phenoxy) is 1. The molecule has 0 saturated carbocycles. The molecule has 1 amide bonds. The Morgan fingerprint density at radius 3 is 2.93 bits per heavy atom. The SMILES string of the molecule is O=C(c1cccnc1)N1CCCC1c1nc(CCOCc2ccccc2)no1. The normalized spacial score (nSPS) is 16.4. The van der Waals surface area contributed by atoms with Crippen molar-refractivity contribution in [3.63, 3.8) is 0 Å². The number of hydrogen-bond donors (Lipinski definition) is 0. The Morgan fingerprint density at radius 2 is 2.11 bits per heavy atom. The summed E-state index contributed by atoms with van der Waals surface area (Å²) >= 11 is 0. The van der Waals surface area contributed by atoms with Gasteiger partial charge in [-0.3, -0.25) is 9.78 Å². The fourth-order valence-electron chi connectivity index (χ4n) is 3.35. The first-order valence-electron chi connectivity index (χ1n) is 9.46. The maximum atomic E-state index is 12.8. The molecule has 0 aliphatic carbocycles. The van der Waals surface area contributed by atoms with E-state index in [4.69, 9.17) is 9.26 Å². The van der Waals surface area contributed by atoms with Gasteiger partial charge in [-0.2, -0.15) is 4.98 Å². The van der Waals surface area contributed by atoms with Gasteiger partial charge in [-0.05, 0) is 30.5 Å². The number of carbonyl (C=O) groups is 1. The zero-order valence-electron chi connectivity index (χ0n) is 15.5. The third-order valence-electron chi connectivity index (χ3n) is 4.77. The van der Waals surface area contributed by atoms with Gasteiger partial charge in [0.25, 0.3) is 5.91 Å². The highest BCUT2D eigenvalue weighted by molar-refractivity contribution is 5.94. The molecule has 7 heteroatoms. The first-order chi connectivity index (χ1) is 13.8. The van der Waals surface area contributed by atoms with Gasteiger partial charge in [0, 0.05) is 25.4 Å². The Balaban J connectivity index is 1.33. The number of carbonyl (C=O) groups excluding carboxylic acids is 1. The molecule has 0 radical (unpaired) electrons. The predicted octanol–water partition coefficient (Wildman–Crippen LogP) is 3.20. The van der Waals surface area contributed by atoms with Gasteiger partial charge < -0.3 is 14.2 Å². The monoisotopic (exact) mass is 378 g/mol. The summed E-state index contributed by atoms with van der Waals surface area (Å²) in [5.41, 5.74) is 1.70. The first-order valence-corrected chi connectivity index (χ1v) is 9.46. The largest absolute Gasteiger partial charge is 0.376 e. The van der Waals surface area contributed by atoms with Crippen molar-refractivity contribution in [3.05, 3.63) is 77.7 Å². The molecule has 3 heterocycles.